The van der Waals surface area contributed by atoms with E-state index in [-0.39, 0.29) is 0 Å². The average molecular weight is 451 g/mol. The summed E-state index contributed by atoms with van der Waals surface area (Å²) in [5.41, 5.74) is 4.09. The quantitative estimate of drug-likeness (QED) is 0.546. The van der Waals surface area contributed by atoms with Crippen molar-refractivity contribution in [2.75, 3.05) is 13.7 Å². The Morgan fingerprint density at radius 3 is 3.03 bits per heavy atom. The summed E-state index contributed by atoms with van der Waals surface area (Å²) in [5, 5.41) is 16.0. The van der Waals surface area contributed by atoms with Crippen molar-refractivity contribution in [2.24, 2.45) is 0 Å². The monoisotopic (exact) mass is 450 g/mol. The second-order valence-electron chi connectivity index (χ2n) is 8.87. The first-order valence-corrected chi connectivity index (χ1v) is 12.1. The van der Waals surface area contributed by atoms with Gasteiger partial charge >= 0.3 is 0 Å². The summed E-state index contributed by atoms with van der Waals surface area (Å²) in [6.07, 6.45) is 15.7. The topological polar surface area (TPSA) is 69.6 Å². The van der Waals surface area contributed by atoms with Crippen LogP contribution in [0.1, 0.15) is 37.7 Å². The van der Waals surface area contributed by atoms with E-state index in [1.54, 1.807) is 19.2 Å². The number of allylic oxidation sites excluding steroid dienone is 1. The van der Waals surface area contributed by atoms with Crippen LogP contribution < -0.4 is 14.8 Å². The molecular weight excluding hydrogens is 420 g/mol. The Kier molecular flexibility index (Phi) is 6.13. The number of hydrogen-bond donors (Lipinski definition) is 3. The molecule has 1 aromatic heterocycles. The van der Waals surface area contributed by atoms with E-state index >= 15 is 0 Å². The number of aryl methyl sites for hydroxylation is 1. The molecule has 32 heavy (non-hydrogen) atoms. The third kappa shape index (κ3) is 4.65. The highest BCUT2D eigenvalue weighted by molar-refractivity contribution is 7.95. The third-order valence-electron chi connectivity index (χ3n) is 6.78. The van der Waals surface area contributed by atoms with Crippen molar-refractivity contribution in [3.05, 3.63) is 71.8 Å². The highest BCUT2D eigenvalue weighted by Crippen LogP contribution is 2.34. The van der Waals surface area contributed by atoms with E-state index in [0.717, 1.165) is 61.7 Å². The Morgan fingerprint density at radius 2 is 2.19 bits per heavy atom. The van der Waals surface area contributed by atoms with Gasteiger partial charge in [-0.3, -0.25) is 9.29 Å². The maximum atomic E-state index is 11.2. The molecule has 7 heteroatoms. The second kappa shape index (κ2) is 9.17. The van der Waals surface area contributed by atoms with Gasteiger partial charge in [0.15, 0.2) is 0 Å². The first-order valence-electron chi connectivity index (χ1n) is 11.3. The highest BCUT2D eigenvalue weighted by Gasteiger charge is 2.33. The fourth-order valence-corrected chi connectivity index (χ4v) is 5.38. The van der Waals surface area contributed by atoms with Crippen LogP contribution in [0.4, 0.5) is 0 Å². The van der Waals surface area contributed by atoms with Crippen molar-refractivity contribution < 1.29 is 9.84 Å². The van der Waals surface area contributed by atoms with E-state index in [2.05, 4.69) is 43.7 Å². The number of rotatable bonds is 7. The first kappa shape index (κ1) is 21.4. The molecule has 1 fully saturated rings. The first-order chi connectivity index (χ1) is 15.6. The zero-order valence-corrected chi connectivity index (χ0v) is 19.2. The molecule has 0 radical (unpaired) electrons. The molecule has 5 rings (SSSR count). The number of ether oxygens (including phenoxy) is 1. The van der Waals surface area contributed by atoms with E-state index in [4.69, 9.17) is 4.74 Å². The molecule has 0 saturated heterocycles. The van der Waals surface area contributed by atoms with Crippen molar-refractivity contribution in [1.82, 2.24) is 19.3 Å². The predicted molar refractivity (Wildman–Crippen MR) is 130 cm³/mol. The number of benzene rings is 1. The van der Waals surface area contributed by atoms with Crippen LogP contribution in [0.5, 0.6) is 5.75 Å². The minimum absolute atomic E-state index is 0.457. The zero-order chi connectivity index (χ0) is 22.0. The lowest BCUT2D eigenvalue weighted by atomic mass is 9.78. The Morgan fingerprint density at radius 1 is 1.31 bits per heavy atom. The number of nitrogens with zero attached hydrogens (tertiary/aromatic N) is 2. The van der Waals surface area contributed by atoms with Gasteiger partial charge in [0, 0.05) is 36.6 Å². The molecule has 2 aromatic rings. The SMILES string of the molecule is COc1ccc2nccc(CCC3(O)CCC(NCC4=CC5=CNSN5C=C4)CC3)c2c1. The van der Waals surface area contributed by atoms with Gasteiger partial charge in [-0.15, -0.1) is 0 Å². The number of pyridine rings is 1. The van der Waals surface area contributed by atoms with Crippen molar-refractivity contribution in [3.63, 3.8) is 0 Å². The summed E-state index contributed by atoms with van der Waals surface area (Å²) in [5.74, 6) is 0.840. The van der Waals surface area contributed by atoms with Gasteiger partial charge in [-0.05, 0) is 86.1 Å². The molecule has 1 aliphatic carbocycles. The Bertz CT molecular complexity index is 1070. The van der Waals surface area contributed by atoms with Crippen LogP contribution in [-0.2, 0) is 6.42 Å². The van der Waals surface area contributed by atoms with Crippen LogP contribution in [0.25, 0.3) is 10.9 Å². The molecule has 0 unspecified atom stereocenters. The number of aromatic nitrogens is 1. The summed E-state index contributed by atoms with van der Waals surface area (Å²) < 4.78 is 10.7. The Labute approximate surface area is 193 Å². The molecule has 0 bridgehead atoms. The van der Waals surface area contributed by atoms with E-state index < -0.39 is 5.60 Å². The van der Waals surface area contributed by atoms with Gasteiger partial charge in [0.1, 0.15) is 5.75 Å². The molecule has 2 aliphatic heterocycles. The Balaban J connectivity index is 1.14. The van der Waals surface area contributed by atoms with Crippen molar-refractivity contribution in [1.29, 1.82) is 0 Å². The van der Waals surface area contributed by atoms with Crippen molar-refractivity contribution in [2.45, 2.75) is 50.2 Å². The molecule has 3 aliphatic rings. The van der Waals surface area contributed by atoms with Crippen LogP contribution in [0.2, 0.25) is 0 Å². The number of hydrogen-bond acceptors (Lipinski definition) is 7. The molecule has 1 aromatic carbocycles. The molecule has 0 atom stereocenters. The zero-order valence-electron chi connectivity index (χ0n) is 18.4. The van der Waals surface area contributed by atoms with E-state index in [1.165, 1.54) is 16.8 Å². The molecule has 6 nitrogen and oxygen atoms in total. The third-order valence-corrected chi connectivity index (χ3v) is 7.53. The summed E-state index contributed by atoms with van der Waals surface area (Å²) in [6, 6.07) is 8.51. The summed E-state index contributed by atoms with van der Waals surface area (Å²) >= 11 is 1.58. The normalized spacial score (nSPS) is 24.7. The van der Waals surface area contributed by atoms with Gasteiger partial charge in [0.2, 0.25) is 0 Å². The average Bonchev–Trinajstić information content (AvgIpc) is 3.30. The van der Waals surface area contributed by atoms with Gasteiger partial charge < -0.3 is 19.9 Å². The summed E-state index contributed by atoms with van der Waals surface area (Å²) in [6.45, 7) is 0.861. The van der Waals surface area contributed by atoms with Gasteiger partial charge in [-0.1, -0.05) is 0 Å². The summed E-state index contributed by atoms with van der Waals surface area (Å²) in [4.78, 5) is 4.47. The predicted octanol–water partition coefficient (Wildman–Crippen LogP) is 4.20. The molecular formula is C25H30N4O2S. The van der Waals surface area contributed by atoms with Gasteiger partial charge in [0.05, 0.1) is 36.1 Å². The van der Waals surface area contributed by atoms with E-state index in [9.17, 15) is 5.11 Å². The molecule has 0 spiro atoms. The molecule has 168 valence electrons. The largest absolute Gasteiger partial charge is 0.497 e. The second-order valence-corrected chi connectivity index (χ2v) is 9.68. The maximum Gasteiger partial charge on any atom is 0.119 e. The fraction of sp³-hybridized carbons (Fsp3) is 0.400. The van der Waals surface area contributed by atoms with Gasteiger partial charge in [-0.25, -0.2) is 0 Å². The van der Waals surface area contributed by atoms with E-state index in [1.807, 2.05) is 30.6 Å². The standard InChI is InChI=1S/C25H30N4O2S/c1-31-22-2-3-24-23(15-22)19(7-12-26-24)4-9-25(30)10-5-20(6-11-25)27-16-18-8-13-29-21(14-18)17-28-32-29/h2-3,7-8,12-15,17,20,27-28,30H,4-6,9-11,16H2,1H3. The lowest BCUT2D eigenvalue weighted by molar-refractivity contribution is -0.0103. The number of fused-ring (bicyclic) bond motifs is 2. The van der Waals surface area contributed by atoms with Gasteiger partial charge in [0.25, 0.3) is 0 Å². The van der Waals surface area contributed by atoms with Crippen LogP contribution in [0, 0.1) is 0 Å². The number of nitrogens with one attached hydrogen (secondary N) is 2. The van der Waals surface area contributed by atoms with Gasteiger partial charge in [-0.2, -0.15) is 0 Å². The number of methoxy groups -OCH3 is 1. The smallest absolute Gasteiger partial charge is 0.119 e. The number of aliphatic hydroxyl groups is 1. The maximum absolute atomic E-state index is 11.2. The molecule has 3 heterocycles. The van der Waals surface area contributed by atoms with Crippen LogP contribution in [0.15, 0.2) is 66.3 Å². The lowest BCUT2D eigenvalue weighted by Gasteiger charge is -2.37. The minimum atomic E-state index is -0.589. The van der Waals surface area contributed by atoms with Crippen LogP contribution in [0.3, 0.4) is 0 Å². The Hall–Kier alpha value is -2.48. The lowest BCUT2D eigenvalue weighted by Crippen LogP contribution is -2.42. The van der Waals surface area contributed by atoms with Crippen LogP contribution in [-0.4, -0.2) is 39.7 Å². The molecule has 1 saturated carbocycles. The molecule has 0 amide bonds. The van der Waals surface area contributed by atoms with Crippen molar-refractivity contribution >= 4 is 23.0 Å². The van der Waals surface area contributed by atoms with Crippen LogP contribution >= 0.6 is 12.1 Å². The molecule has 3 N–H and O–H groups in total. The summed E-state index contributed by atoms with van der Waals surface area (Å²) in [7, 11) is 1.68. The van der Waals surface area contributed by atoms with Crippen molar-refractivity contribution in [3.8, 4) is 5.75 Å². The fourth-order valence-electron chi connectivity index (χ4n) is 4.76. The minimum Gasteiger partial charge on any atom is -0.497 e. The highest BCUT2D eigenvalue weighted by atomic mass is 32.2. The van der Waals surface area contributed by atoms with E-state index in [0.29, 0.717) is 6.04 Å².